The largest absolute Gasteiger partial charge is 0.240 e. The molecule has 1 atom stereocenters. The molecule has 3 nitrogen and oxygen atoms in total. The van der Waals surface area contributed by atoms with Gasteiger partial charge in [0.2, 0.25) is 0 Å². The van der Waals surface area contributed by atoms with Crippen LogP contribution in [0.1, 0.15) is 33.6 Å². The van der Waals surface area contributed by atoms with Gasteiger partial charge in [-0.25, -0.2) is 13.7 Å². The van der Waals surface area contributed by atoms with Crippen LogP contribution in [0.25, 0.3) is 0 Å². The van der Waals surface area contributed by atoms with Gasteiger partial charge in [0.25, 0.3) is 0 Å². The number of hydrogen-bond acceptors (Lipinski definition) is 2. The fourth-order valence-electron chi connectivity index (χ4n) is 1.12. The van der Waals surface area contributed by atoms with Crippen LogP contribution in [0.3, 0.4) is 0 Å². The SMILES string of the molecule is CC(C)(C)CS(=N)(=O)NC1CC1. The average Bonchev–Trinajstić information content (AvgIpc) is 2.39. The summed E-state index contributed by atoms with van der Waals surface area (Å²) in [7, 11) is -2.53. The summed E-state index contributed by atoms with van der Waals surface area (Å²) in [5.74, 6) is 0.441. The summed E-state index contributed by atoms with van der Waals surface area (Å²) in [6, 6.07) is 0.359. The molecule has 0 amide bonds. The molecule has 0 aromatic heterocycles. The second-order valence-electron chi connectivity index (χ2n) is 4.77. The Morgan fingerprint density at radius 3 is 2.33 bits per heavy atom. The zero-order valence-electron chi connectivity index (χ0n) is 8.02. The first-order valence-electron chi connectivity index (χ1n) is 4.32. The first kappa shape index (κ1) is 9.99. The Kier molecular flexibility index (Phi) is 2.50. The Balaban J connectivity index is 2.47. The molecule has 0 saturated heterocycles. The minimum absolute atomic E-state index is 0.0271. The summed E-state index contributed by atoms with van der Waals surface area (Å²) in [6.45, 7) is 6.03. The van der Waals surface area contributed by atoms with E-state index in [-0.39, 0.29) is 5.41 Å². The van der Waals surface area contributed by atoms with Gasteiger partial charge in [0, 0.05) is 6.04 Å². The van der Waals surface area contributed by atoms with Crippen molar-refractivity contribution in [3.63, 3.8) is 0 Å². The van der Waals surface area contributed by atoms with E-state index in [1.54, 1.807) is 0 Å². The number of nitrogens with one attached hydrogen (secondary N) is 2. The Morgan fingerprint density at radius 2 is 2.00 bits per heavy atom. The third-order valence-electron chi connectivity index (χ3n) is 1.57. The van der Waals surface area contributed by atoms with Crippen LogP contribution in [0.2, 0.25) is 0 Å². The van der Waals surface area contributed by atoms with Gasteiger partial charge >= 0.3 is 0 Å². The third-order valence-corrected chi connectivity index (χ3v) is 3.56. The van der Waals surface area contributed by atoms with Crippen molar-refractivity contribution in [1.29, 1.82) is 4.78 Å². The zero-order chi connectivity index (χ0) is 9.41. The molecule has 1 saturated carbocycles. The highest BCUT2D eigenvalue weighted by atomic mass is 32.2. The van der Waals surface area contributed by atoms with Gasteiger partial charge in [-0.15, -0.1) is 0 Å². The molecule has 1 aliphatic carbocycles. The maximum Gasteiger partial charge on any atom is 0.106 e. The lowest BCUT2D eigenvalue weighted by molar-refractivity contribution is 0.469. The molecular formula is C8H18N2OS. The highest BCUT2D eigenvalue weighted by Crippen LogP contribution is 2.22. The standard InChI is InChI=1S/C8H18N2OS/c1-8(2,3)6-12(9,11)10-7-4-5-7/h7H,4-6H2,1-3H3,(H2,9,10,11). The second-order valence-corrected chi connectivity index (χ2v) is 6.65. The summed E-state index contributed by atoms with van der Waals surface area (Å²) in [4.78, 5) is 0. The van der Waals surface area contributed by atoms with E-state index >= 15 is 0 Å². The zero-order valence-corrected chi connectivity index (χ0v) is 8.83. The first-order valence-corrected chi connectivity index (χ1v) is 6.05. The van der Waals surface area contributed by atoms with Crippen LogP contribution in [-0.2, 0) is 9.92 Å². The Morgan fingerprint density at radius 1 is 1.50 bits per heavy atom. The van der Waals surface area contributed by atoms with E-state index < -0.39 is 9.92 Å². The van der Waals surface area contributed by atoms with E-state index in [9.17, 15) is 4.21 Å². The van der Waals surface area contributed by atoms with Crippen LogP contribution in [0, 0.1) is 10.2 Å². The molecule has 1 aliphatic rings. The van der Waals surface area contributed by atoms with Crippen molar-refractivity contribution in [2.75, 3.05) is 5.75 Å². The Hall–Kier alpha value is -0.0900. The molecule has 12 heavy (non-hydrogen) atoms. The van der Waals surface area contributed by atoms with Crippen LogP contribution in [0.5, 0.6) is 0 Å². The smallest absolute Gasteiger partial charge is 0.106 e. The molecule has 0 aliphatic heterocycles. The van der Waals surface area contributed by atoms with Gasteiger partial charge < -0.3 is 0 Å². The molecule has 0 aromatic rings. The van der Waals surface area contributed by atoms with Crippen LogP contribution in [0.4, 0.5) is 0 Å². The predicted octanol–water partition coefficient (Wildman–Crippen LogP) is 1.75. The highest BCUT2D eigenvalue weighted by molar-refractivity contribution is 7.90. The van der Waals surface area contributed by atoms with Crippen molar-refractivity contribution in [1.82, 2.24) is 4.72 Å². The molecule has 1 fully saturated rings. The maximum absolute atomic E-state index is 11.6. The van der Waals surface area contributed by atoms with Gasteiger partial charge in [0.15, 0.2) is 0 Å². The second kappa shape index (κ2) is 3.00. The summed E-state index contributed by atoms with van der Waals surface area (Å²) in [5, 5.41) is 0. The van der Waals surface area contributed by atoms with E-state index in [0.717, 1.165) is 12.8 Å². The lowest BCUT2D eigenvalue weighted by Gasteiger charge is -2.20. The number of hydrogen-bond donors (Lipinski definition) is 2. The summed E-state index contributed by atoms with van der Waals surface area (Å²) in [5.41, 5.74) is -0.0271. The van der Waals surface area contributed by atoms with Crippen molar-refractivity contribution >= 4 is 9.92 Å². The van der Waals surface area contributed by atoms with E-state index in [0.29, 0.717) is 11.8 Å². The van der Waals surface area contributed by atoms with Crippen molar-refractivity contribution in [3.8, 4) is 0 Å². The van der Waals surface area contributed by atoms with Crippen LogP contribution in [-0.4, -0.2) is 16.0 Å². The summed E-state index contributed by atoms with van der Waals surface area (Å²) < 4.78 is 22.1. The molecule has 0 bridgehead atoms. The highest BCUT2D eigenvalue weighted by Gasteiger charge is 2.27. The minimum atomic E-state index is -2.53. The molecule has 1 unspecified atom stereocenters. The van der Waals surface area contributed by atoms with Crippen molar-refractivity contribution in [3.05, 3.63) is 0 Å². The molecule has 0 heterocycles. The fourth-order valence-corrected chi connectivity index (χ4v) is 3.20. The van der Waals surface area contributed by atoms with Gasteiger partial charge in [-0.05, 0) is 18.3 Å². The molecule has 2 N–H and O–H groups in total. The Labute approximate surface area is 75.0 Å². The third kappa shape index (κ3) is 4.07. The van der Waals surface area contributed by atoms with Crippen molar-refractivity contribution in [2.45, 2.75) is 39.7 Å². The lowest BCUT2D eigenvalue weighted by atomic mass is 10.0. The molecule has 0 radical (unpaired) electrons. The molecular weight excluding hydrogens is 172 g/mol. The monoisotopic (exact) mass is 190 g/mol. The first-order chi connectivity index (χ1) is 5.29. The van der Waals surface area contributed by atoms with E-state index in [2.05, 4.69) is 4.72 Å². The van der Waals surface area contributed by atoms with E-state index in [4.69, 9.17) is 4.78 Å². The van der Waals surface area contributed by atoms with Gasteiger partial charge in [0.05, 0.1) is 5.75 Å². The maximum atomic E-state index is 11.6. The quantitative estimate of drug-likeness (QED) is 0.700. The molecule has 4 heteroatoms. The summed E-state index contributed by atoms with van der Waals surface area (Å²) in [6.07, 6.45) is 2.17. The minimum Gasteiger partial charge on any atom is -0.240 e. The van der Waals surface area contributed by atoms with Gasteiger partial charge in [-0.2, -0.15) is 0 Å². The topological polar surface area (TPSA) is 53.0 Å². The van der Waals surface area contributed by atoms with Gasteiger partial charge in [-0.1, -0.05) is 20.8 Å². The molecule has 1 rings (SSSR count). The molecule has 0 aromatic carbocycles. The number of rotatable bonds is 3. The van der Waals surface area contributed by atoms with E-state index in [1.165, 1.54) is 0 Å². The van der Waals surface area contributed by atoms with Gasteiger partial charge in [-0.3, -0.25) is 0 Å². The van der Waals surface area contributed by atoms with Crippen molar-refractivity contribution in [2.24, 2.45) is 5.41 Å². The van der Waals surface area contributed by atoms with Gasteiger partial charge in [0.1, 0.15) is 9.92 Å². The normalized spacial score (nSPS) is 23.6. The fraction of sp³-hybridized carbons (Fsp3) is 1.00. The van der Waals surface area contributed by atoms with Crippen LogP contribution < -0.4 is 4.72 Å². The summed E-state index contributed by atoms with van der Waals surface area (Å²) >= 11 is 0. The predicted molar refractivity (Wildman–Crippen MR) is 51.3 cm³/mol. The average molecular weight is 190 g/mol. The lowest BCUT2D eigenvalue weighted by Crippen LogP contribution is -2.32. The molecule has 0 spiro atoms. The van der Waals surface area contributed by atoms with Crippen LogP contribution >= 0.6 is 0 Å². The molecule has 72 valence electrons. The van der Waals surface area contributed by atoms with Crippen molar-refractivity contribution < 1.29 is 4.21 Å². The Bertz CT molecular complexity index is 247. The van der Waals surface area contributed by atoms with Crippen LogP contribution in [0.15, 0.2) is 0 Å². The van der Waals surface area contributed by atoms with E-state index in [1.807, 2.05) is 20.8 Å².